The summed E-state index contributed by atoms with van der Waals surface area (Å²) >= 11 is 6.14. The van der Waals surface area contributed by atoms with Crippen LogP contribution in [0, 0.1) is 0 Å². The van der Waals surface area contributed by atoms with Gasteiger partial charge in [0.1, 0.15) is 5.75 Å². The van der Waals surface area contributed by atoms with Crippen LogP contribution >= 0.6 is 11.6 Å². The Morgan fingerprint density at radius 3 is 2.58 bits per heavy atom. The quantitative estimate of drug-likeness (QED) is 0.894. The molecule has 0 heterocycles. The largest absolute Gasteiger partial charge is 0.494 e. The van der Waals surface area contributed by atoms with Crippen molar-refractivity contribution in [1.29, 1.82) is 0 Å². The molecule has 0 aliphatic rings. The van der Waals surface area contributed by atoms with Gasteiger partial charge in [-0.1, -0.05) is 41.9 Å². The standard InChI is InChI=1S/C16H17ClO2/c1-2-19-13-8-9-15(17)14(11-13)16(18)10-12-6-4-3-5-7-12/h3-9,11,16,18H,2,10H2,1H3. The van der Waals surface area contributed by atoms with Gasteiger partial charge in [0.15, 0.2) is 0 Å². The van der Waals surface area contributed by atoms with Gasteiger partial charge < -0.3 is 9.84 Å². The normalized spacial score (nSPS) is 12.2. The molecule has 2 nitrogen and oxygen atoms in total. The molecule has 2 aromatic rings. The van der Waals surface area contributed by atoms with Gasteiger partial charge >= 0.3 is 0 Å². The molecule has 3 heteroatoms. The van der Waals surface area contributed by atoms with Crippen molar-refractivity contribution < 1.29 is 9.84 Å². The SMILES string of the molecule is CCOc1ccc(Cl)c(C(O)Cc2ccccc2)c1. The minimum atomic E-state index is -0.629. The maximum atomic E-state index is 10.3. The van der Waals surface area contributed by atoms with E-state index >= 15 is 0 Å². The summed E-state index contributed by atoms with van der Waals surface area (Å²) in [6, 6.07) is 15.2. The molecule has 0 spiro atoms. The van der Waals surface area contributed by atoms with Crippen LogP contribution in [0.3, 0.4) is 0 Å². The Balaban J connectivity index is 2.18. The number of benzene rings is 2. The summed E-state index contributed by atoms with van der Waals surface area (Å²) in [5, 5.41) is 10.9. The first-order valence-electron chi connectivity index (χ1n) is 6.35. The molecule has 0 saturated heterocycles. The Hall–Kier alpha value is -1.51. The van der Waals surface area contributed by atoms with Crippen molar-refractivity contribution in [3.63, 3.8) is 0 Å². The number of aliphatic hydroxyl groups excluding tert-OH is 1. The van der Waals surface area contributed by atoms with E-state index in [0.717, 1.165) is 11.3 Å². The summed E-state index contributed by atoms with van der Waals surface area (Å²) < 4.78 is 5.43. The Morgan fingerprint density at radius 1 is 1.16 bits per heavy atom. The zero-order chi connectivity index (χ0) is 13.7. The second-order valence-corrected chi connectivity index (χ2v) is 4.73. The van der Waals surface area contributed by atoms with Crippen molar-refractivity contribution in [3.05, 3.63) is 64.7 Å². The fraction of sp³-hybridized carbons (Fsp3) is 0.250. The number of hydrogen-bond acceptors (Lipinski definition) is 2. The van der Waals surface area contributed by atoms with Gasteiger partial charge in [0.05, 0.1) is 12.7 Å². The lowest BCUT2D eigenvalue weighted by Gasteiger charge is -2.14. The van der Waals surface area contributed by atoms with Crippen LogP contribution in [0.25, 0.3) is 0 Å². The van der Waals surface area contributed by atoms with E-state index in [1.807, 2.05) is 43.3 Å². The van der Waals surface area contributed by atoms with Gasteiger partial charge in [-0.25, -0.2) is 0 Å². The average molecular weight is 277 g/mol. The molecular weight excluding hydrogens is 260 g/mol. The molecule has 0 radical (unpaired) electrons. The van der Waals surface area contributed by atoms with E-state index in [0.29, 0.717) is 23.6 Å². The summed E-state index contributed by atoms with van der Waals surface area (Å²) in [5.41, 5.74) is 1.78. The molecule has 0 amide bonds. The monoisotopic (exact) mass is 276 g/mol. The number of rotatable bonds is 5. The molecule has 2 rings (SSSR count). The third-order valence-electron chi connectivity index (χ3n) is 2.91. The summed E-state index contributed by atoms with van der Waals surface area (Å²) in [4.78, 5) is 0. The van der Waals surface area contributed by atoms with Crippen molar-refractivity contribution in [2.45, 2.75) is 19.4 Å². The number of halogens is 1. The molecule has 1 unspecified atom stereocenters. The van der Waals surface area contributed by atoms with Gasteiger partial charge in [-0.3, -0.25) is 0 Å². The van der Waals surface area contributed by atoms with Gasteiger partial charge in [0.2, 0.25) is 0 Å². The van der Waals surface area contributed by atoms with Gasteiger partial charge in [-0.15, -0.1) is 0 Å². The molecule has 1 N–H and O–H groups in total. The molecular formula is C16H17ClO2. The first kappa shape index (κ1) is 13.9. The van der Waals surface area contributed by atoms with Crippen LogP contribution in [-0.4, -0.2) is 11.7 Å². The lowest BCUT2D eigenvalue weighted by Crippen LogP contribution is -2.03. The van der Waals surface area contributed by atoms with Crippen LogP contribution in [-0.2, 0) is 6.42 Å². The minimum absolute atomic E-state index is 0.538. The second kappa shape index (κ2) is 6.60. The molecule has 0 saturated carbocycles. The summed E-state index contributed by atoms with van der Waals surface area (Å²) in [7, 11) is 0. The number of aliphatic hydroxyl groups is 1. The predicted molar refractivity (Wildman–Crippen MR) is 77.7 cm³/mol. The number of hydrogen-bond donors (Lipinski definition) is 1. The van der Waals surface area contributed by atoms with Crippen molar-refractivity contribution in [2.24, 2.45) is 0 Å². The summed E-state index contributed by atoms with van der Waals surface area (Å²) in [6.07, 6.45) is -0.0915. The van der Waals surface area contributed by atoms with Gasteiger partial charge in [0, 0.05) is 17.0 Å². The van der Waals surface area contributed by atoms with Crippen molar-refractivity contribution in [3.8, 4) is 5.75 Å². The van der Waals surface area contributed by atoms with Crippen molar-refractivity contribution >= 4 is 11.6 Å². The highest BCUT2D eigenvalue weighted by Crippen LogP contribution is 2.29. The zero-order valence-electron chi connectivity index (χ0n) is 10.8. The maximum absolute atomic E-state index is 10.3. The van der Waals surface area contributed by atoms with Gasteiger partial charge in [0.25, 0.3) is 0 Å². The Labute approximate surface area is 118 Å². The molecule has 0 aromatic heterocycles. The smallest absolute Gasteiger partial charge is 0.119 e. The third kappa shape index (κ3) is 3.72. The molecule has 2 aromatic carbocycles. The highest BCUT2D eigenvalue weighted by Gasteiger charge is 2.13. The molecule has 0 bridgehead atoms. The van der Waals surface area contributed by atoms with Crippen LogP contribution < -0.4 is 4.74 Å². The van der Waals surface area contributed by atoms with Crippen molar-refractivity contribution in [1.82, 2.24) is 0 Å². The minimum Gasteiger partial charge on any atom is -0.494 e. The third-order valence-corrected chi connectivity index (χ3v) is 3.25. The highest BCUT2D eigenvalue weighted by atomic mass is 35.5. The van der Waals surface area contributed by atoms with E-state index in [-0.39, 0.29) is 0 Å². The van der Waals surface area contributed by atoms with E-state index in [4.69, 9.17) is 16.3 Å². The lowest BCUT2D eigenvalue weighted by molar-refractivity contribution is 0.178. The lowest BCUT2D eigenvalue weighted by atomic mass is 10.0. The molecule has 1 atom stereocenters. The first-order valence-corrected chi connectivity index (χ1v) is 6.72. The van der Waals surface area contributed by atoms with E-state index in [1.165, 1.54) is 0 Å². The Morgan fingerprint density at radius 2 is 1.89 bits per heavy atom. The van der Waals surface area contributed by atoms with E-state index in [1.54, 1.807) is 12.1 Å². The number of ether oxygens (including phenoxy) is 1. The average Bonchev–Trinajstić information content (AvgIpc) is 2.42. The highest BCUT2D eigenvalue weighted by molar-refractivity contribution is 6.31. The molecule has 0 aliphatic carbocycles. The van der Waals surface area contributed by atoms with Gasteiger partial charge in [-0.05, 0) is 30.7 Å². The van der Waals surface area contributed by atoms with Crippen LogP contribution in [0.5, 0.6) is 5.75 Å². The van der Waals surface area contributed by atoms with E-state index < -0.39 is 6.10 Å². The van der Waals surface area contributed by atoms with Crippen LogP contribution in [0.1, 0.15) is 24.2 Å². The fourth-order valence-corrected chi connectivity index (χ4v) is 2.22. The fourth-order valence-electron chi connectivity index (χ4n) is 1.98. The molecule has 100 valence electrons. The summed E-state index contributed by atoms with van der Waals surface area (Å²) in [6.45, 7) is 2.52. The second-order valence-electron chi connectivity index (χ2n) is 4.32. The maximum Gasteiger partial charge on any atom is 0.119 e. The molecule has 19 heavy (non-hydrogen) atoms. The van der Waals surface area contributed by atoms with Crippen molar-refractivity contribution in [2.75, 3.05) is 6.61 Å². The van der Waals surface area contributed by atoms with E-state index in [2.05, 4.69) is 0 Å². The zero-order valence-corrected chi connectivity index (χ0v) is 11.6. The van der Waals surface area contributed by atoms with E-state index in [9.17, 15) is 5.11 Å². The van der Waals surface area contributed by atoms with Crippen LogP contribution in [0.2, 0.25) is 5.02 Å². The van der Waals surface area contributed by atoms with Crippen LogP contribution in [0.4, 0.5) is 0 Å². The molecule has 0 aliphatic heterocycles. The Bertz CT molecular complexity index is 526. The van der Waals surface area contributed by atoms with Crippen LogP contribution in [0.15, 0.2) is 48.5 Å². The summed E-state index contributed by atoms with van der Waals surface area (Å²) in [5.74, 6) is 0.731. The predicted octanol–water partition coefficient (Wildman–Crippen LogP) is 4.01. The topological polar surface area (TPSA) is 29.5 Å². The Kier molecular flexibility index (Phi) is 4.83. The first-order chi connectivity index (χ1) is 9.20. The molecule has 0 fully saturated rings. The van der Waals surface area contributed by atoms with Gasteiger partial charge in [-0.2, -0.15) is 0 Å².